The summed E-state index contributed by atoms with van der Waals surface area (Å²) >= 11 is 0. The Labute approximate surface area is 111 Å². The van der Waals surface area contributed by atoms with Crippen LogP contribution in [-0.2, 0) is 9.53 Å². The molecule has 0 aliphatic heterocycles. The van der Waals surface area contributed by atoms with Crippen LogP contribution >= 0.6 is 0 Å². The first-order valence-electron chi connectivity index (χ1n) is 5.87. The summed E-state index contributed by atoms with van der Waals surface area (Å²) in [5.74, 6) is 0.0404. The molecule has 0 radical (unpaired) electrons. The number of amides is 1. The third-order valence-corrected chi connectivity index (χ3v) is 2.62. The van der Waals surface area contributed by atoms with Crippen molar-refractivity contribution in [2.45, 2.75) is 0 Å². The molecule has 2 rings (SSSR count). The van der Waals surface area contributed by atoms with Gasteiger partial charge in [0.15, 0.2) is 0 Å². The largest absolute Gasteiger partial charge is 0.508 e. The van der Waals surface area contributed by atoms with Crippen molar-refractivity contribution < 1.29 is 14.6 Å². The molecular formula is C15H15NO3. The van der Waals surface area contributed by atoms with Gasteiger partial charge in [0.1, 0.15) is 12.4 Å². The van der Waals surface area contributed by atoms with E-state index in [-0.39, 0.29) is 18.3 Å². The van der Waals surface area contributed by atoms with Crippen molar-refractivity contribution in [1.29, 1.82) is 0 Å². The van der Waals surface area contributed by atoms with E-state index in [2.05, 4.69) is 5.32 Å². The topological polar surface area (TPSA) is 58.6 Å². The van der Waals surface area contributed by atoms with Crippen molar-refractivity contribution in [3.05, 3.63) is 48.5 Å². The van der Waals surface area contributed by atoms with E-state index in [1.165, 1.54) is 7.11 Å². The van der Waals surface area contributed by atoms with Crippen LogP contribution in [0.1, 0.15) is 0 Å². The number of methoxy groups -OCH3 is 1. The molecule has 2 aromatic rings. The average Bonchev–Trinajstić information content (AvgIpc) is 2.40. The van der Waals surface area contributed by atoms with Crippen LogP contribution in [0.5, 0.6) is 5.75 Å². The molecule has 0 saturated carbocycles. The van der Waals surface area contributed by atoms with Gasteiger partial charge in [0, 0.05) is 12.8 Å². The number of ether oxygens (including phenoxy) is 1. The number of carbonyl (C=O) groups is 1. The lowest BCUT2D eigenvalue weighted by Crippen LogP contribution is -2.16. The Balaban J connectivity index is 2.19. The number of carbonyl (C=O) groups excluding carboxylic acids is 1. The molecule has 0 heterocycles. The summed E-state index contributed by atoms with van der Waals surface area (Å²) < 4.78 is 4.76. The molecule has 98 valence electrons. The standard InChI is InChI=1S/C15H15NO3/c1-19-10-15(18)16-13-4-2-3-12(9-13)11-5-7-14(17)8-6-11/h2-9,17H,10H2,1H3,(H,16,18). The van der Waals surface area contributed by atoms with Crippen molar-refractivity contribution in [3.8, 4) is 16.9 Å². The lowest BCUT2D eigenvalue weighted by Gasteiger charge is -2.07. The molecule has 0 spiro atoms. The second-order valence-electron chi connectivity index (χ2n) is 4.11. The van der Waals surface area contributed by atoms with Gasteiger partial charge in [0.2, 0.25) is 5.91 Å². The zero-order valence-corrected chi connectivity index (χ0v) is 10.6. The Morgan fingerprint density at radius 2 is 1.89 bits per heavy atom. The Hall–Kier alpha value is -2.33. The molecular weight excluding hydrogens is 242 g/mol. The lowest BCUT2D eigenvalue weighted by molar-refractivity contribution is -0.119. The monoisotopic (exact) mass is 257 g/mol. The zero-order valence-electron chi connectivity index (χ0n) is 10.6. The van der Waals surface area contributed by atoms with E-state index in [0.717, 1.165) is 11.1 Å². The summed E-state index contributed by atoms with van der Waals surface area (Å²) in [6, 6.07) is 14.4. The third-order valence-electron chi connectivity index (χ3n) is 2.62. The molecule has 0 fully saturated rings. The number of nitrogens with one attached hydrogen (secondary N) is 1. The highest BCUT2D eigenvalue weighted by atomic mass is 16.5. The molecule has 2 N–H and O–H groups in total. The van der Waals surface area contributed by atoms with Gasteiger partial charge in [-0.15, -0.1) is 0 Å². The minimum Gasteiger partial charge on any atom is -0.508 e. The number of benzene rings is 2. The lowest BCUT2D eigenvalue weighted by atomic mass is 10.1. The SMILES string of the molecule is COCC(=O)Nc1cccc(-c2ccc(O)cc2)c1. The molecule has 0 aliphatic rings. The molecule has 0 aliphatic carbocycles. The summed E-state index contributed by atoms with van der Waals surface area (Å²) in [5, 5.41) is 12.0. The first-order valence-corrected chi connectivity index (χ1v) is 5.87. The fourth-order valence-electron chi connectivity index (χ4n) is 1.76. The summed E-state index contributed by atoms with van der Waals surface area (Å²) in [6.45, 7) is 0.0312. The number of hydrogen-bond acceptors (Lipinski definition) is 3. The normalized spacial score (nSPS) is 10.2. The van der Waals surface area contributed by atoms with E-state index in [9.17, 15) is 9.90 Å². The van der Waals surface area contributed by atoms with Gasteiger partial charge in [0.05, 0.1) is 0 Å². The van der Waals surface area contributed by atoms with Crippen LogP contribution in [-0.4, -0.2) is 24.7 Å². The van der Waals surface area contributed by atoms with Gasteiger partial charge in [-0.3, -0.25) is 4.79 Å². The van der Waals surface area contributed by atoms with Crippen LogP contribution < -0.4 is 5.32 Å². The van der Waals surface area contributed by atoms with E-state index in [1.807, 2.05) is 36.4 Å². The van der Waals surface area contributed by atoms with Gasteiger partial charge in [0.25, 0.3) is 0 Å². The number of rotatable bonds is 4. The van der Waals surface area contributed by atoms with Crippen LogP contribution in [0.25, 0.3) is 11.1 Å². The van der Waals surface area contributed by atoms with E-state index < -0.39 is 0 Å². The number of anilines is 1. The van der Waals surface area contributed by atoms with Gasteiger partial charge in [-0.05, 0) is 35.4 Å². The molecule has 0 unspecified atom stereocenters. The average molecular weight is 257 g/mol. The van der Waals surface area contributed by atoms with E-state index in [1.54, 1.807) is 12.1 Å². The maximum Gasteiger partial charge on any atom is 0.250 e. The highest BCUT2D eigenvalue weighted by Crippen LogP contribution is 2.24. The van der Waals surface area contributed by atoms with Crippen LogP contribution in [0.15, 0.2) is 48.5 Å². The smallest absolute Gasteiger partial charge is 0.250 e. The molecule has 0 aromatic heterocycles. The number of phenols is 1. The minimum absolute atomic E-state index is 0.0312. The first kappa shape index (κ1) is 13.1. The Bertz CT molecular complexity index is 564. The van der Waals surface area contributed by atoms with Crippen molar-refractivity contribution >= 4 is 11.6 Å². The number of aromatic hydroxyl groups is 1. The predicted octanol–water partition coefficient (Wildman–Crippen LogP) is 2.64. The van der Waals surface area contributed by atoms with E-state index in [0.29, 0.717) is 5.69 Å². The molecule has 4 heteroatoms. The van der Waals surface area contributed by atoms with Crippen molar-refractivity contribution in [1.82, 2.24) is 0 Å². The maximum absolute atomic E-state index is 11.4. The number of phenolic OH excluding ortho intramolecular Hbond substituents is 1. The predicted molar refractivity (Wildman–Crippen MR) is 74.0 cm³/mol. The van der Waals surface area contributed by atoms with Crippen molar-refractivity contribution in [2.75, 3.05) is 19.0 Å². The molecule has 0 bridgehead atoms. The highest BCUT2D eigenvalue weighted by Gasteiger charge is 2.03. The quantitative estimate of drug-likeness (QED) is 0.885. The summed E-state index contributed by atoms with van der Waals surface area (Å²) in [4.78, 5) is 11.4. The molecule has 2 aromatic carbocycles. The van der Waals surface area contributed by atoms with Gasteiger partial charge in [-0.2, -0.15) is 0 Å². The van der Waals surface area contributed by atoms with E-state index >= 15 is 0 Å². The summed E-state index contributed by atoms with van der Waals surface area (Å²) in [5.41, 5.74) is 2.66. The molecule has 4 nitrogen and oxygen atoms in total. The fourth-order valence-corrected chi connectivity index (χ4v) is 1.76. The zero-order chi connectivity index (χ0) is 13.7. The second kappa shape index (κ2) is 6.02. The highest BCUT2D eigenvalue weighted by molar-refractivity contribution is 5.92. The maximum atomic E-state index is 11.4. The Kier molecular flexibility index (Phi) is 4.15. The summed E-state index contributed by atoms with van der Waals surface area (Å²) in [7, 11) is 1.48. The summed E-state index contributed by atoms with van der Waals surface area (Å²) in [6.07, 6.45) is 0. The van der Waals surface area contributed by atoms with Crippen LogP contribution in [0, 0.1) is 0 Å². The van der Waals surface area contributed by atoms with Gasteiger partial charge in [-0.25, -0.2) is 0 Å². The van der Waals surface area contributed by atoms with Crippen molar-refractivity contribution in [3.63, 3.8) is 0 Å². The second-order valence-corrected chi connectivity index (χ2v) is 4.11. The minimum atomic E-state index is -0.189. The van der Waals surface area contributed by atoms with Gasteiger partial charge < -0.3 is 15.2 Å². The van der Waals surface area contributed by atoms with Crippen LogP contribution in [0.2, 0.25) is 0 Å². The first-order chi connectivity index (χ1) is 9.19. The Morgan fingerprint density at radius 1 is 1.16 bits per heavy atom. The van der Waals surface area contributed by atoms with Crippen molar-refractivity contribution in [2.24, 2.45) is 0 Å². The molecule has 0 atom stereocenters. The fraction of sp³-hybridized carbons (Fsp3) is 0.133. The van der Waals surface area contributed by atoms with E-state index in [4.69, 9.17) is 4.74 Å². The molecule has 0 saturated heterocycles. The molecule has 1 amide bonds. The van der Waals surface area contributed by atoms with Gasteiger partial charge in [-0.1, -0.05) is 24.3 Å². The van der Waals surface area contributed by atoms with Crippen LogP contribution in [0.3, 0.4) is 0 Å². The van der Waals surface area contributed by atoms with Crippen LogP contribution in [0.4, 0.5) is 5.69 Å². The third kappa shape index (κ3) is 3.56. The molecule has 19 heavy (non-hydrogen) atoms. The van der Waals surface area contributed by atoms with Gasteiger partial charge >= 0.3 is 0 Å². The Morgan fingerprint density at radius 3 is 2.58 bits per heavy atom. The number of hydrogen-bond donors (Lipinski definition) is 2.